The fourth-order valence-corrected chi connectivity index (χ4v) is 3.71. The summed E-state index contributed by atoms with van der Waals surface area (Å²) in [6.07, 6.45) is 1.85. The predicted molar refractivity (Wildman–Crippen MR) is 114 cm³/mol. The number of aliphatic imine (C=N–C) groups is 1. The third-order valence-electron chi connectivity index (χ3n) is 5.18. The minimum absolute atomic E-state index is 0.334. The zero-order valence-corrected chi connectivity index (χ0v) is 16.0. The van der Waals surface area contributed by atoms with E-state index in [9.17, 15) is 5.11 Å². The lowest BCUT2D eigenvalue weighted by atomic mass is 10.1. The summed E-state index contributed by atoms with van der Waals surface area (Å²) in [6, 6.07) is 17.8. The number of anilines is 1. The monoisotopic (exact) mass is 375 g/mol. The van der Waals surface area contributed by atoms with E-state index in [1.54, 1.807) is 6.07 Å². The van der Waals surface area contributed by atoms with Gasteiger partial charge < -0.3 is 20.2 Å². The molecule has 2 aromatic carbocycles. The highest BCUT2D eigenvalue weighted by Crippen LogP contribution is 2.27. The summed E-state index contributed by atoms with van der Waals surface area (Å²) in [5, 5.41) is 15.9. The first-order valence-corrected chi connectivity index (χ1v) is 9.57. The van der Waals surface area contributed by atoms with Crippen LogP contribution in [-0.4, -0.2) is 54.2 Å². The molecule has 28 heavy (non-hydrogen) atoms. The number of benzene rings is 2. The van der Waals surface area contributed by atoms with Crippen molar-refractivity contribution in [2.75, 3.05) is 38.1 Å². The Labute approximate surface area is 165 Å². The number of rotatable bonds is 3. The Kier molecular flexibility index (Phi) is 5.28. The van der Waals surface area contributed by atoms with Crippen molar-refractivity contribution in [1.29, 1.82) is 0 Å². The van der Waals surface area contributed by atoms with Gasteiger partial charge in [-0.1, -0.05) is 36.4 Å². The highest BCUT2D eigenvalue weighted by atomic mass is 16.3. The molecular formula is C22H25N5O. The van der Waals surface area contributed by atoms with Gasteiger partial charge in [0.1, 0.15) is 5.75 Å². The Morgan fingerprint density at radius 1 is 1.04 bits per heavy atom. The molecule has 1 aliphatic rings. The second-order valence-corrected chi connectivity index (χ2v) is 6.84. The molecule has 0 amide bonds. The molecule has 2 N–H and O–H groups in total. The molecule has 1 fully saturated rings. The van der Waals surface area contributed by atoms with Gasteiger partial charge in [-0.2, -0.15) is 0 Å². The standard InChI is InChI=1S/C22H25N5O/c1-23-22(25-16-19-18-7-3-2-6-17(18)10-11-24-19)27-14-12-26(13-15-27)20-8-4-5-9-21(20)28/h2-11,28H,12-16H2,1H3,(H,23,25). The summed E-state index contributed by atoms with van der Waals surface area (Å²) in [5.74, 6) is 1.21. The van der Waals surface area contributed by atoms with Crippen LogP contribution in [0.4, 0.5) is 5.69 Å². The van der Waals surface area contributed by atoms with Crippen LogP contribution in [-0.2, 0) is 6.54 Å². The van der Waals surface area contributed by atoms with E-state index in [0.717, 1.165) is 48.9 Å². The summed E-state index contributed by atoms with van der Waals surface area (Å²) in [7, 11) is 1.81. The zero-order valence-electron chi connectivity index (χ0n) is 16.0. The SMILES string of the molecule is CN=C(NCc1nccc2ccccc12)N1CCN(c2ccccc2O)CC1. The Morgan fingerprint density at radius 3 is 2.57 bits per heavy atom. The molecule has 1 saturated heterocycles. The van der Waals surface area contributed by atoms with Crippen molar-refractivity contribution in [2.24, 2.45) is 4.99 Å². The number of para-hydroxylation sites is 2. The van der Waals surface area contributed by atoms with E-state index in [4.69, 9.17) is 0 Å². The lowest BCUT2D eigenvalue weighted by molar-refractivity contribution is 0.369. The van der Waals surface area contributed by atoms with Crippen LogP contribution in [0.2, 0.25) is 0 Å². The summed E-state index contributed by atoms with van der Waals surface area (Å²) in [5.41, 5.74) is 1.91. The third kappa shape index (κ3) is 3.71. The minimum Gasteiger partial charge on any atom is -0.506 e. The van der Waals surface area contributed by atoms with Crippen molar-refractivity contribution in [3.63, 3.8) is 0 Å². The predicted octanol–water partition coefficient (Wildman–Crippen LogP) is 2.84. The van der Waals surface area contributed by atoms with Crippen molar-refractivity contribution >= 4 is 22.4 Å². The molecule has 1 aliphatic heterocycles. The number of piperazine rings is 1. The van der Waals surface area contributed by atoms with Crippen molar-refractivity contribution in [2.45, 2.75) is 6.54 Å². The van der Waals surface area contributed by atoms with Crippen LogP contribution < -0.4 is 10.2 Å². The molecule has 0 unspecified atom stereocenters. The highest BCUT2D eigenvalue weighted by molar-refractivity contribution is 5.85. The zero-order chi connectivity index (χ0) is 19.3. The number of aromatic nitrogens is 1. The van der Waals surface area contributed by atoms with Gasteiger partial charge >= 0.3 is 0 Å². The fraction of sp³-hybridized carbons (Fsp3) is 0.273. The second-order valence-electron chi connectivity index (χ2n) is 6.84. The normalized spacial score (nSPS) is 15.1. The molecule has 0 saturated carbocycles. The van der Waals surface area contributed by atoms with Gasteiger partial charge in [0, 0.05) is 44.8 Å². The molecule has 6 heteroatoms. The quantitative estimate of drug-likeness (QED) is 0.544. The Hall–Kier alpha value is -3.28. The number of nitrogens with one attached hydrogen (secondary N) is 1. The van der Waals surface area contributed by atoms with E-state index < -0.39 is 0 Å². The van der Waals surface area contributed by atoms with Gasteiger partial charge in [0.2, 0.25) is 0 Å². The van der Waals surface area contributed by atoms with Gasteiger partial charge in [-0.15, -0.1) is 0 Å². The molecule has 4 rings (SSSR count). The van der Waals surface area contributed by atoms with E-state index in [0.29, 0.717) is 12.3 Å². The van der Waals surface area contributed by atoms with Crippen LogP contribution in [0.25, 0.3) is 10.8 Å². The maximum Gasteiger partial charge on any atom is 0.194 e. The molecule has 0 aliphatic carbocycles. The van der Waals surface area contributed by atoms with Crippen LogP contribution in [0.15, 0.2) is 65.8 Å². The number of nitrogens with zero attached hydrogens (tertiary/aromatic N) is 4. The minimum atomic E-state index is 0.334. The molecule has 0 radical (unpaired) electrons. The van der Waals surface area contributed by atoms with Crippen LogP contribution in [0.3, 0.4) is 0 Å². The second kappa shape index (κ2) is 8.17. The van der Waals surface area contributed by atoms with Crippen molar-refractivity contribution in [3.8, 4) is 5.75 Å². The number of pyridine rings is 1. The van der Waals surface area contributed by atoms with Crippen molar-refractivity contribution in [1.82, 2.24) is 15.2 Å². The Bertz CT molecular complexity index is 974. The molecule has 144 valence electrons. The number of phenolic OH excluding ortho intramolecular Hbond substituents is 1. The van der Waals surface area contributed by atoms with Crippen molar-refractivity contribution < 1.29 is 5.11 Å². The average Bonchev–Trinajstić information content (AvgIpc) is 2.75. The fourth-order valence-electron chi connectivity index (χ4n) is 3.71. The first-order valence-electron chi connectivity index (χ1n) is 9.57. The lowest BCUT2D eigenvalue weighted by Crippen LogP contribution is -2.52. The van der Waals surface area contributed by atoms with Gasteiger partial charge in [-0.05, 0) is 23.6 Å². The van der Waals surface area contributed by atoms with Gasteiger partial charge in [0.15, 0.2) is 5.96 Å². The van der Waals surface area contributed by atoms with Crippen molar-refractivity contribution in [3.05, 3.63) is 66.5 Å². The van der Waals surface area contributed by atoms with Gasteiger partial charge in [-0.25, -0.2) is 0 Å². The number of aromatic hydroxyl groups is 1. The maximum absolute atomic E-state index is 10.1. The summed E-state index contributed by atoms with van der Waals surface area (Å²) >= 11 is 0. The number of hydrogen-bond acceptors (Lipinski definition) is 4. The first-order chi connectivity index (χ1) is 13.8. The molecule has 0 spiro atoms. The smallest absolute Gasteiger partial charge is 0.194 e. The average molecular weight is 375 g/mol. The number of fused-ring (bicyclic) bond motifs is 1. The summed E-state index contributed by atoms with van der Waals surface area (Å²) in [6.45, 7) is 4.00. The Morgan fingerprint density at radius 2 is 1.79 bits per heavy atom. The van der Waals surface area contributed by atoms with E-state index in [1.165, 1.54) is 5.39 Å². The molecular weight excluding hydrogens is 350 g/mol. The van der Waals surface area contributed by atoms with E-state index in [1.807, 2.05) is 49.6 Å². The number of hydrogen-bond donors (Lipinski definition) is 2. The van der Waals surface area contributed by atoms with Crippen LogP contribution >= 0.6 is 0 Å². The lowest BCUT2D eigenvalue weighted by Gasteiger charge is -2.37. The third-order valence-corrected chi connectivity index (χ3v) is 5.18. The molecule has 3 aromatic rings. The maximum atomic E-state index is 10.1. The van der Waals surface area contributed by atoms with Crippen LogP contribution in [0.1, 0.15) is 5.69 Å². The number of phenols is 1. The van der Waals surface area contributed by atoms with E-state index in [2.05, 4.69) is 37.2 Å². The van der Waals surface area contributed by atoms with E-state index >= 15 is 0 Å². The largest absolute Gasteiger partial charge is 0.506 e. The molecule has 1 aromatic heterocycles. The van der Waals surface area contributed by atoms with E-state index in [-0.39, 0.29) is 0 Å². The summed E-state index contributed by atoms with van der Waals surface area (Å²) in [4.78, 5) is 13.5. The Balaban J connectivity index is 1.40. The first kappa shape index (κ1) is 18.1. The van der Waals surface area contributed by atoms with Gasteiger partial charge in [-0.3, -0.25) is 9.98 Å². The van der Waals surface area contributed by atoms with Gasteiger partial charge in [0.25, 0.3) is 0 Å². The molecule has 2 heterocycles. The highest BCUT2D eigenvalue weighted by Gasteiger charge is 2.21. The molecule has 6 nitrogen and oxygen atoms in total. The molecule has 0 bridgehead atoms. The summed E-state index contributed by atoms with van der Waals surface area (Å²) < 4.78 is 0. The van der Waals surface area contributed by atoms with Crippen LogP contribution in [0, 0.1) is 0 Å². The van der Waals surface area contributed by atoms with Gasteiger partial charge in [0.05, 0.1) is 17.9 Å². The number of guanidine groups is 1. The van der Waals surface area contributed by atoms with Crippen LogP contribution in [0.5, 0.6) is 5.75 Å². The molecule has 0 atom stereocenters. The topological polar surface area (TPSA) is 64.0 Å².